The second-order valence-corrected chi connectivity index (χ2v) is 12.8. The molecule has 0 amide bonds. The SMILES string of the molecule is CC1(c2ccccc2)c2ccccc2-c2c1ccc(-c1cccc(-c3nc(-c4ccccc4)nc(-c4ccccc4)n3)c1)c2-c1ccccn1. The predicted octanol–water partition coefficient (Wildman–Crippen LogP) is 10.9. The molecule has 0 aliphatic heterocycles. The molecule has 4 heteroatoms. The number of rotatable bonds is 6. The van der Waals surface area contributed by atoms with E-state index in [2.05, 4.69) is 110 Å². The Balaban J connectivity index is 1.26. The van der Waals surface area contributed by atoms with Gasteiger partial charge >= 0.3 is 0 Å². The highest BCUT2D eigenvalue weighted by Crippen LogP contribution is 2.56. The van der Waals surface area contributed by atoms with Crippen LogP contribution in [0.1, 0.15) is 23.6 Å². The molecule has 0 saturated carbocycles. The summed E-state index contributed by atoms with van der Waals surface area (Å²) in [5.74, 6) is 1.91. The molecule has 1 atom stereocenters. The zero-order valence-corrected chi connectivity index (χ0v) is 27.5. The van der Waals surface area contributed by atoms with E-state index in [1.54, 1.807) is 0 Å². The van der Waals surface area contributed by atoms with Crippen molar-refractivity contribution in [2.45, 2.75) is 12.3 Å². The Bertz CT molecular complexity index is 2420. The first kappa shape index (κ1) is 29.6. The lowest BCUT2D eigenvalue weighted by Gasteiger charge is -2.28. The van der Waals surface area contributed by atoms with Crippen LogP contribution in [0.2, 0.25) is 0 Å². The van der Waals surface area contributed by atoms with Crippen LogP contribution < -0.4 is 0 Å². The average Bonchev–Trinajstić information content (AvgIpc) is 3.47. The third kappa shape index (κ3) is 4.92. The summed E-state index contributed by atoms with van der Waals surface area (Å²) in [5.41, 5.74) is 13.1. The van der Waals surface area contributed by atoms with Crippen LogP contribution in [0.4, 0.5) is 0 Å². The van der Waals surface area contributed by atoms with Crippen molar-refractivity contribution in [3.63, 3.8) is 0 Å². The van der Waals surface area contributed by atoms with Gasteiger partial charge in [0.05, 0.1) is 5.69 Å². The van der Waals surface area contributed by atoms with Crippen LogP contribution in [-0.4, -0.2) is 19.9 Å². The summed E-state index contributed by atoms with van der Waals surface area (Å²) in [6.07, 6.45) is 1.88. The molecule has 50 heavy (non-hydrogen) atoms. The van der Waals surface area contributed by atoms with E-state index >= 15 is 0 Å². The van der Waals surface area contributed by atoms with Crippen LogP contribution in [0.25, 0.3) is 67.7 Å². The summed E-state index contributed by atoms with van der Waals surface area (Å²) >= 11 is 0. The highest BCUT2D eigenvalue weighted by molar-refractivity contribution is 6.00. The molecule has 236 valence electrons. The van der Waals surface area contributed by atoms with Gasteiger partial charge in [0.25, 0.3) is 0 Å². The fourth-order valence-electron chi connectivity index (χ4n) is 7.44. The van der Waals surface area contributed by atoms with E-state index in [4.69, 9.17) is 19.9 Å². The van der Waals surface area contributed by atoms with Gasteiger partial charge in [-0.1, -0.05) is 152 Å². The van der Waals surface area contributed by atoms with Crippen molar-refractivity contribution >= 4 is 0 Å². The standard InChI is InChI=1S/C46H32N4/c1-46(35-22-9-4-10-23-35)38-25-12-11-24-37(38)41-39(46)28-27-36(42(41)40-26-13-14-29-47-40)33-20-15-21-34(30-33)45-49-43(31-16-5-2-6-17-31)48-44(50-45)32-18-7-3-8-19-32/h2-30H,1H3. The van der Waals surface area contributed by atoms with Gasteiger partial charge in [-0.2, -0.15) is 0 Å². The van der Waals surface area contributed by atoms with Crippen molar-refractivity contribution in [2.24, 2.45) is 0 Å². The lowest BCUT2D eigenvalue weighted by molar-refractivity contribution is 0.714. The van der Waals surface area contributed by atoms with Gasteiger partial charge in [0.1, 0.15) is 0 Å². The Morgan fingerprint density at radius 2 is 0.960 bits per heavy atom. The minimum absolute atomic E-state index is 0.316. The van der Waals surface area contributed by atoms with Gasteiger partial charge in [0, 0.05) is 33.9 Å². The molecule has 0 bridgehead atoms. The Hall–Kier alpha value is -6.52. The molecule has 0 N–H and O–H groups in total. The number of nitrogens with zero attached hydrogens (tertiary/aromatic N) is 4. The minimum Gasteiger partial charge on any atom is -0.256 e. The number of hydrogen-bond acceptors (Lipinski definition) is 4. The summed E-state index contributed by atoms with van der Waals surface area (Å²) in [6.45, 7) is 2.35. The molecule has 6 aromatic carbocycles. The number of hydrogen-bond donors (Lipinski definition) is 0. The van der Waals surface area contributed by atoms with Crippen molar-refractivity contribution in [1.29, 1.82) is 0 Å². The first-order chi connectivity index (χ1) is 24.7. The molecule has 9 rings (SSSR count). The lowest BCUT2D eigenvalue weighted by atomic mass is 9.74. The first-order valence-corrected chi connectivity index (χ1v) is 16.9. The quantitative estimate of drug-likeness (QED) is 0.181. The second kappa shape index (κ2) is 12.2. The van der Waals surface area contributed by atoms with Crippen LogP contribution in [-0.2, 0) is 5.41 Å². The molecule has 0 radical (unpaired) electrons. The molecule has 2 aromatic heterocycles. The van der Waals surface area contributed by atoms with Crippen molar-refractivity contribution in [3.8, 4) is 67.7 Å². The van der Waals surface area contributed by atoms with E-state index in [0.717, 1.165) is 39.1 Å². The molecule has 1 unspecified atom stereocenters. The molecule has 1 aliphatic carbocycles. The fourth-order valence-corrected chi connectivity index (χ4v) is 7.44. The Kier molecular flexibility index (Phi) is 7.21. The summed E-state index contributed by atoms with van der Waals surface area (Å²) in [6, 6.07) is 59.2. The second-order valence-electron chi connectivity index (χ2n) is 12.8. The third-order valence-electron chi connectivity index (χ3n) is 9.88. The normalized spacial score (nSPS) is 14.6. The van der Waals surface area contributed by atoms with Gasteiger partial charge in [0.15, 0.2) is 17.5 Å². The topological polar surface area (TPSA) is 51.6 Å². The first-order valence-electron chi connectivity index (χ1n) is 16.9. The number of pyridine rings is 1. The summed E-state index contributed by atoms with van der Waals surface area (Å²) in [5, 5.41) is 0. The lowest BCUT2D eigenvalue weighted by Crippen LogP contribution is -2.22. The molecular formula is C46H32N4. The van der Waals surface area contributed by atoms with Crippen LogP contribution in [0, 0.1) is 0 Å². The number of benzene rings is 6. The highest BCUT2D eigenvalue weighted by atomic mass is 15.0. The Morgan fingerprint density at radius 3 is 1.62 bits per heavy atom. The van der Waals surface area contributed by atoms with Gasteiger partial charge in [-0.05, 0) is 64.1 Å². The molecule has 0 saturated heterocycles. The van der Waals surface area contributed by atoms with Gasteiger partial charge in [-0.3, -0.25) is 4.98 Å². The zero-order valence-electron chi connectivity index (χ0n) is 27.5. The van der Waals surface area contributed by atoms with E-state index in [9.17, 15) is 0 Å². The summed E-state index contributed by atoms with van der Waals surface area (Å²) in [7, 11) is 0. The maximum Gasteiger partial charge on any atom is 0.164 e. The smallest absolute Gasteiger partial charge is 0.164 e. The molecule has 8 aromatic rings. The van der Waals surface area contributed by atoms with Crippen LogP contribution in [0.3, 0.4) is 0 Å². The monoisotopic (exact) mass is 640 g/mol. The van der Waals surface area contributed by atoms with E-state index in [-0.39, 0.29) is 5.41 Å². The number of aromatic nitrogens is 4. The maximum absolute atomic E-state index is 5.02. The zero-order chi connectivity index (χ0) is 33.5. The van der Waals surface area contributed by atoms with Crippen molar-refractivity contribution in [3.05, 3.63) is 193 Å². The van der Waals surface area contributed by atoms with Crippen LogP contribution in [0.15, 0.2) is 176 Å². The van der Waals surface area contributed by atoms with Gasteiger partial charge < -0.3 is 0 Å². The summed E-state index contributed by atoms with van der Waals surface area (Å²) in [4.78, 5) is 19.9. The molecule has 0 fully saturated rings. The van der Waals surface area contributed by atoms with Crippen LogP contribution in [0.5, 0.6) is 0 Å². The van der Waals surface area contributed by atoms with Gasteiger partial charge in [-0.25, -0.2) is 15.0 Å². The average molecular weight is 641 g/mol. The van der Waals surface area contributed by atoms with Gasteiger partial charge in [-0.15, -0.1) is 0 Å². The predicted molar refractivity (Wildman–Crippen MR) is 202 cm³/mol. The van der Waals surface area contributed by atoms with Crippen molar-refractivity contribution in [1.82, 2.24) is 19.9 Å². The summed E-state index contributed by atoms with van der Waals surface area (Å²) < 4.78 is 0. The molecule has 0 spiro atoms. The molecule has 4 nitrogen and oxygen atoms in total. The van der Waals surface area contributed by atoms with E-state index in [0.29, 0.717) is 17.5 Å². The van der Waals surface area contributed by atoms with E-state index in [1.807, 2.05) is 72.9 Å². The largest absolute Gasteiger partial charge is 0.256 e. The minimum atomic E-state index is -0.316. The Morgan fingerprint density at radius 1 is 0.400 bits per heavy atom. The van der Waals surface area contributed by atoms with Crippen molar-refractivity contribution < 1.29 is 0 Å². The molecule has 1 aliphatic rings. The Labute approximate surface area is 291 Å². The third-order valence-corrected chi connectivity index (χ3v) is 9.88. The highest BCUT2D eigenvalue weighted by Gasteiger charge is 2.42. The molecular weight excluding hydrogens is 609 g/mol. The van der Waals surface area contributed by atoms with E-state index in [1.165, 1.54) is 27.8 Å². The fraction of sp³-hybridized carbons (Fsp3) is 0.0435. The maximum atomic E-state index is 5.02. The van der Waals surface area contributed by atoms with Gasteiger partial charge in [0.2, 0.25) is 0 Å². The number of fused-ring (bicyclic) bond motifs is 3. The van der Waals surface area contributed by atoms with E-state index < -0.39 is 0 Å². The molecule has 2 heterocycles. The van der Waals surface area contributed by atoms with Crippen LogP contribution >= 0.6 is 0 Å². The van der Waals surface area contributed by atoms with Crippen molar-refractivity contribution in [2.75, 3.05) is 0 Å².